The number of hydrogen-bond acceptors (Lipinski definition) is 3. The lowest BCUT2D eigenvalue weighted by Crippen LogP contribution is -1.97. The molecule has 2 aromatic carbocycles. The van der Waals surface area contributed by atoms with Crippen molar-refractivity contribution in [2.24, 2.45) is 0 Å². The van der Waals surface area contributed by atoms with Crippen LogP contribution in [0.25, 0.3) is 11.1 Å². The molecule has 0 saturated carbocycles. The lowest BCUT2D eigenvalue weighted by atomic mass is 10.1. The highest BCUT2D eigenvalue weighted by atomic mass is 32.1. The lowest BCUT2D eigenvalue weighted by Gasteiger charge is -2.11. The van der Waals surface area contributed by atoms with Crippen LogP contribution in [0.15, 0.2) is 48.5 Å². The fourth-order valence-corrected chi connectivity index (χ4v) is 4.34. The molecule has 2 heterocycles. The molecule has 1 aromatic heterocycles. The molecule has 1 aliphatic rings. The third-order valence-corrected chi connectivity index (χ3v) is 5.82. The van der Waals surface area contributed by atoms with Gasteiger partial charge in [0.05, 0.1) is 4.88 Å². The molecule has 26 heavy (non-hydrogen) atoms. The highest BCUT2D eigenvalue weighted by molar-refractivity contribution is 7.12. The molecule has 134 valence electrons. The first-order valence-corrected chi connectivity index (χ1v) is 9.40. The monoisotopic (exact) mass is 371 g/mol. The summed E-state index contributed by atoms with van der Waals surface area (Å²) < 4.78 is 32.9. The van der Waals surface area contributed by atoms with E-state index in [-0.39, 0.29) is 4.88 Å². The summed E-state index contributed by atoms with van der Waals surface area (Å²) in [7, 11) is 0. The first-order valence-electron chi connectivity index (χ1n) is 8.59. The van der Waals surface area contributed by atoms with Crippen LogP contribution in [0.2, 0.25) is 0 Å². The summed E-state index contributed by atoms with van der Waals surface area (Å²) in [6.07, 6.45) is -1.50. The molecule has 4 rings (SSSR count). The maximum atomic E-state index is 13.5. The number of ether oxygens (including phenoxy) is 1. The smallest absolute Gasteiger partial charge is 0.273 e. The summed E-state index contributed by atoms with van der Waals surface area (Å²) in [6, 6.07) is 15.1. The average molecular weight is 371 g/mol. The van der Waals surface area contributed by atoms with Crippen LogP contribution < -0.4 is 10.1 Å². The second-order valence-electron chi connectivity index (χ2n) is 6.34. The molecule has 1 N–H and O–H groups in total. The summed E-state index contributed by atoms with van der Waals surface area (Å²) in [5.74, 6) is 0.820. The topological polar surface area (TPSA) is 21.3 Å². The Labute approximate surface area is 155 Å². The van der Waals surface area contributed by atoms with Crippen LogP contribution >= 0.6 is 11.3 Å². The van der Waals surface area contributed by atoms with Crippen LogP contribution in [0.3, 0.4) is 0 Å². The van der Waals surface area contributed by atoms with Gasteiger partial charge in [-0.25, -0.2) is 8.78 Å². The van der Waals surface area contributed by atoms with Crippen molar-refractivity contribution in [2.75, 3.05) is 11.9 Å². The van der Waals surface area contributed by atoms with Gasteiger partial charge in [0.15, 0.2) is 0 Å². The van der Waals surface area contributed by atoms with E-state index in [4.69, 9.17) is 4.74 Å². The Bertz CT molecular complexity index is 921. The van der Waals surface area contributed by atoms with Crippen molar-refractivity contribution in [1.29, 1.82) is 0 Å². The van der Waals surface area contributed by atoms with E-state index in [1.807, 2.05) is 48.5 Å². The highest BCUT2D eigenvalue weighted by Crippen LogP contribution is 2.39. The average Bonchev–Trinajstić information content (AvgIpc) is 3.29. The van der Waals surface area contributed by atoms with Crippen LogP contribution in [-0.2, 0) is 13.0 Å². The van der Waals surface area contributed by atoms with Gasteiger partial charge in [0.25, 0.3) is 6.43 Å². The Morgan fingerprint density at radius 3 is 2.73 bits per heavy atom. The normalized spacial score (nSPS) is 12.9. The highest BCUT2D eigenvalue weighted by Gasteiger charge is 2.20. The number of nitrogens with one attached hydrogen (secondary N) is 1. The Morgan fingerprint density at radius 2 is 1.96 bits per heavy atom. The Hall–Kier alpha value is -2.40. The Balaban J connectivity index is 1.58. The van der Waals surface area contributed by atoms with Gasteiger partial charge in [-0.05, 0) is 48.2 Å². The summed E-state index contributed by atoms with van der Waals surface area (Å²) in [4.78, 5) is 0.904. The second-order valence-corrected chi connectivity index (χ2v) is 7.51. The van der Waals surface area contributed by atoms with Crippen molar-refractivity contribution < 1.29 is 13.5 Å². The zero-order chi connectivity index (χ0) is 18.1. The van der Waals surface area contributed by atoms with Gasteiger partial charge in [0, 0.05) is 22.7 Å². The van der Waals surface area contributed by atoms with Gasteiger partial charge < -0.3 is 10.1 Å². The van der Waals surface area contributed by atoms with E-state index in [1.54, 1.807) is 0 Å². The fraction of sp³-hybridized carbons (Fsp3) is 0.238. The molecule has 0 bridgehead atoms. The quantitative estimate of drug-likeness (QED) is 0.576. The minimum atomic E-state index is -2.49. The molecule has 5 heteroatoms. The van der Waals surface area contributed by atoms with Gasteiger partial charge in [-0.1, -0.05) is 30.3 Å². The predicted molar refractivity (Wildman–Crippen MR) is 102 cm³/mol. The zero-order valence-corrected chi connectivity index (χ0v) is 15.2. The molecule has 0 spiro atoms. The van der Waals surface area contributed by atoms with Crippen molar-refractivity contribution in [1.82, 2.24) is 0 Å². The van der Waals surface area contributed by atoms with E-state index >= 15 is 0 Å². The molecule has 0 fully saturated rings. The lowest BCUT2D eigenvalue weighted by molar-refractivity contribution is 0.156. The molecule has 3 aromatic rings. The molecule has 0 radical (unpaired) electrons. The van der Waals surface area contributed by atoms with Crippen LogP contribution in [0, 0.1) is 6.92 Å². The molecule has 2 nitrogen and oxygen atoms in total. The second kappa shape index (κ2) is 7.08. The Morgan fingerprint density at radius 1 is 1.15 bits per heavy atom. The first-order chi connectivity index (χ1) is 12.6. The van der Waals surface area contributed by atoms with Crippen molar-refractivity contribution in [3.8, 4) is 16.9 Å². The van der Waals surface area contributed by atoms with Gasteiger partial charge in [-0.2, -0.15) is 0 Å². The van der Waals surface area contributed by atoms with Gasteiger partial charge >= 0.3 is 0 Å². The molecule has 0 unspecified atom stereocenters. The van der Waals surface area contributed by atoms with Gasteiger partial charge in [-0.3, -0.25) is 0 Å². The minimum absolute atomic E-state index is 0.102. The summed E-state index contributed by atoms with van der Waals surface area (Å²) in [5.41, 5.74) is 4.98. The van der Waals surface area contributed by atoms with Crippen LogP contribution in [0.4, 0.5) is 14.5 Å². The van der Waals surface area contributed by atoms with E-state index in [2.05, 4.69) is 12.2 Å². The van der Waals surface area contributed by atoms with Crippen molar-refractivity contribution in [3.05, 3.63) is 69.4 Å². The third kappa shape index (κ3) is 3.19. The third-order valence-electron chi connectivity index (χ3n) is 4.70. The van der Waals surface area contributed by atoms with Gasteiger partial charge in [-0.15, -0.1) is 11.3 Å². The molecular formula is C21H19F2NOS. The van der Waals surface area contributed by atoms with Gasteiger partial charge in [0.1, 0.15) is 12.4 Å². The van der Waals surface area contributed by atoms with Crippen molar-refractivity contribution in [2.45, 2.75) is 26.4 Å². The number of alkyl halides is 2. The molecule has 0 aliphatic carbocycles. The standard InChI is InChI=1S/C21H19F2NOS/c1-13-16-9-10-24-18(16)7-8-19(13)25-12-15-11-17(20(26-15)21(22)23)14-5-3-2-4-6-14/h2-8,11,21,24H,9-10,12H2,1H3. The number of benzene rings is 2. The van der Waals surface area contributed by atoms with Crippen molar-refractivity contribution in [3.63, 3.8) is 0 Å². The maximum absolute atomic E-state index is 13.5. The van der Waals surface area contributed by atoms with E-state index in [1.165, 1.54) is 5.56 Å². The van der Waals surface area contributed by atoms with E-state index < -0.39 is 6.43 Å². The number of halogens is 2. The summed E-state index contributed by atoms with van der Waals surface area (Å²) >= 11 is 1.13. The zero-order valence-electron chi connectivity index (χ0n) is 14.4. The van der Waals surface area contributed by atoms with Crippen LogP contribution in [-0.4, -0.2) is 6.54 Å². The summed E-state index contributed by atoms with van der Waals surface area (Å²) in [6.45, 7) is 3.29. The predicted octanol–water partition coefficient (Wildman–Crippen LogP) is 6.21. The SMILES string of the molecule is Cc1c(OCc2cc(-c3ccccc3)c(C(F)F)s2)ccc2c1CCN2. The fourth-order valence-electron chi connectivity index (χ4n) is 3.38. The van der Waals surface area contributed by atoms with Crippen LogP contribution in [0.5, 0.6) is 5.75 Å². The van der Waals surface area contributed by atoms with E-state index in [9.17, 15) is 8.78 Å². The maximum Gasteiger partial charge on any atom is 0.273 e. The Kier molecular flexibility index (Phi) is 4.64. The molecular weight excluding hydrogens is 352 g/mol. The molecule has 0 amide bonds. The van der Waals surface area contributed by atoms with E-state index in [0.717, 1.165) is 51.7 Å². The largest absolute Gasteiger partial charge is 0.488 e. The number of anilines is 1. The van der Waals surface area contributed by atoms with Crippen molar-refractivity contribution >= 4 is 17.0 Å². The molecule has 0 saturated heterocycles. The molecule has 0 atom stereocenters. The van der Waals surface area contributed by atoms with Crippen LogP contribution in [0.1, 0.15) is 27.3 Å². The summed E-state index contributed by atoms with van der Waals surface area (Å²) in [5, 5.41) is 3.35. The first kappa shape index (κ1) is 17.0. The number of rotatable bonds is 5. The van der Waals surface area contributed by atoms with Gasteiger partial charge in [0.2, 0.25) is 0 Å². The number of thiophene rings is 1. The van der Waals surface area contributed by atoms with E-state index in [0.29, 0.717) is 12.2 Å². The molecule has 1 aliphatic heterocycles. The number of hydrogen-bond donors (Lipinski definition) is 1. The minimum Gasteiger partial charge on any atom is -0.488 e. The number of fused-ring (bicyclic) bond motifs is 1.